The minimum atomic E-state index is -1.26. The van der Waals surface area contributed by atoms with E-state index in [1.807, 2.05) is 39.0 Å². The molecule has 0 bridgehead atoms. The average Bonchev–Trinajstić information content (AvgIpc) is 2.31. The van der Waals surface area contributed by atoms with Gasteiger partial charge in [0.05, 0.1) is 5.69 Å². The van der Waals surface area contributed by atoms with E-state index in [0.717, 1.165) is 16.9 Å². The lowest BCUT2D eigenvalue weighted by atomic mass is 10.0. The van der Waals surface area contributed by atoms with E-state index in [9.17, 15) is 9.90 Å². The second-order valence-electron chi connectivity index (χ2n) is 5.74. The van der Waals surface area contributed by atoms with Gasteiger partial charge in [0.2, 0.25) is 5.43 Å². The summed E-state index contributed by atoms with van der Waals surface area (Å²) >= 11 is 0. The summed E-state index contributed by atoms with van der Waals surface area (Å²) in [5, 5.41) is 14.4. The molecule has 0 spiro atoms. The van der Waals surface area contributed by atoms with E-state index in [-0.39, 0.29) is 11.1 Å². The second-order valence-corrected chi connectivity index (χ2v) is 5.74. The summed E-state index contributed by atoms with van der Waals surface area (Å²) in [5.74, 6) is 0. The first kappa shape index (κ1) is 14.5. The summed E-state index contributed by atoms with van der Waals surface area (Å²) in [6.45, 7) is 9.05. The number of hydrogen-bond donors (Lipinski definition) is 1. The van der Waals surface area contributed by atoms with Gasteiger partial charge in [-0.2, -0.15) is 5.10 Å². The van der Waals surface area contributed by atoms with Crippen LogP contribution in [0, 0.1) is 20.8 Å². The molecule has 0 aliphatic rings. The lowest BCUT2D eigenvalue weighted by molar-refractivity contribution is 0.0709. The Morgan fingerprint density at radius 3 is 2.30 bits per heavy atom. The normalized spacial score (nSPS) is 11.7. The SMILES string of the molecule is Cc1ccc(-n2nc(C(C)(C)O)c(=O)cc2C)cc1C. The maximum Gasteiger partial charge on any atom is 0.206 e. The van der Waals surface area contributed by atoms with Crippen LogP contribution in [-0.4, -0.2) is 14.9 Å². The highest BCUT2D eigenvalue weighted by Gasteiger charge is 2.23. The average molecular weight is 272 g/mol. The summed E-state index contributed by atoms with van der Waals surface area (Å²) in [6, 6.07) is 7.51. The van der Waals surface area contributed by atoms with Crippen molar-refractivity contribution in [3.05, 3.63) is 57.0 Å². The molecule has 0 atom stereocenters. The van der Waals surface area contributed by atoms with Gasteiger partial charge in [-0.05, 0) is 57.9 Å². The quantitative estimate of drug-likeness (QED) is 0.913. The molecule has 0 aliphatic heterocycles. The number of rotatable bonds is 2. The number of nitrogens with zero attached hydrogens (tertiary/aromatic N) is 2. The molecule has 2 aromatic rings. The molecule has 0 saturated heterocycles. The number of benzene rings is 1. The maximum atomic E-state index is 12.0. The summed E-state index contributed by atoms with van der Waals surface area (Å²) in [5.41, 5.74) is 2.65. The van der Waals surface area contributed by atoms with Gasteiger partial charge in [-0.25, -0.2) is 4.68 Å². The van der Waals surface area contributed by atoms with Gasteiger partial charge in [0.1, 0.15) is 11.3 Å². The van der Waals surface area contributed by atoms with E-state index in [0.29, 0.717) is 0 Å². The van der Waals surface area contributed by atoms with Crippen LogP contribution in [0.4, 0.5) is 0 Å². The standard InChI is InChI=1S/C16H20N2O2/c1-10-6-7-13(8-11(10)2)18-12(3)9-14(19)15(17-18)16(4,5)20/h6-9,20H,1-5H3. The highest BCUT2D eigenvalue weighted by molar-refractivity contribution is 5.40. The zero-order chi connectivity index (χ0) is 15.1. The fraction of sp³-hybridized carbons (Fsp3) is 0.375. The van der Waals surface area contributed by atoms with Gasteiger partial charge in [-0.1, -0.05) is 6.07 Å². The van der Waals surface area contributed by atoms with Crippen LogP contribution in [0.2, 0.25) is 0 Å². The Labute approximate surface area is 118 Å². The Morgan fingerprint density at radius 1 is 1.10 bits per heavy atom. The zero-order valence-electron chi connectivity index (χ0n) is 12.6. The predicted molar refractivity (Wildman–Crippen MR) is 79.3 cm³/mol. The predicted octanol–water partition coefficient (Wildman–Crippen LogP) is 2.39. The molecule has 0 amide bonds. The molecule has 2 rings (SSSR count). The van der Waals surface area contributed by atoms with Crippen LogP contribution in [0.15, 0.2) is 29.1 Å². The molecule has 1 N–H and O–H groups in total. The monoisotopic (exact) mass is 272 g/mol. The number of aliphatic hydroxyl groups is 1. The van der Waals surface area contributed by atoms with E-state index in [1.54, 1.807) is 18.5 Å². The first-order valence-electron chi connectivity index (χ1n) is 6.61. The summed E-state index contributed by atoms with van der Waals surface area (Å²) in [4.78, 5) is 12.0. The highest BCUT2D eigenvalue weighted by Crippen LogP contribution is 2.17. The molecule has 106 valence electrons. The molecular weight excluding hydrogens is 252 g/mol. The Kier molecular flexibility index (Phi) is 3.52. The summed E-state index contributed by atoms with van der Waals surface area (Å²) in [7, 11) is 0. The van der Waals surface area contributed by atoms with Gasteiger partial charge >= 0.3 is 0 Å². The fourth-order valence-corrected chi connectivity index (χ4v) is 2.09. The van der Waals surface area contributed by atoms with Gasteiger partial charge in [-0.15, -0.1) is 0 Å². The number of hydrogen-bond acceptors (Lipinski definition) is 3. The Hall–Kier alpha value is -1.94. The van der Waals surface area contributed by atoms with Gasteiger partial charge in [0, 0.05) is 11.8 Å². The number of aryl methyl sites for hydroxylation is 3. The van der Waals surface area contributed by atoms with Crippen LogP contribution in [-0.2, 0) is 5.60 Å². The zero-order valence-corrected chi connectivity index (χ0v) is 12.6. The Balaban J connectivity index is 2.68. The molecule has 20 heavy (non-hydrogen) atoms. The van der Waals surface area contributed by atoms with Crippen molar-refractivity contribution in [2.75, 3.05) is 0 Å². The van der Waals surface area contributed by atoms with Crippen LogP contribution in [0.25, 0.3) is 5.69 Å². The van der Waals surface area contributed by atoms with Crippen LogP contribution < -0.4 is 5.43 Å². The van der Waals surface area contributed by atoms with Crippen LogP contribution >= 0.6 is 0 Å². The Morgan fingerprint density at radius 2 is 1.75 bits per heavy atom. The van der Waals surface area contributed by atoms with E-state index in [2.05, 4.69) is 5.10 Å². The van der Waals surface area contributed by atoms with Crippen LogP contribution in [0.1, 0.15) is 36.4 Å². The molecule has 1 heterocycles. The topological polar surface area (TPSA) is 55.1 Å². The fourth-order valence-electron chi connectivity index (χ4n) is 2.09. The van der Waals surface area contributed by atoms with Gasteiger partial charge in [-0.3, -0.25) is 4.79 Å². The van der Waals surface area contributed by atoms with Gasteiger partial charge in [0.25, 0.3) is 0 Å². The number of aromatic nitrogens is 2. The molecule has 4 heteroatoms. The third kappa shape index (κ3) is 2.65. The molecule has 0 saturated carbocycles. The molecule has 1 aromatic heterocycles. The lowest BCUT2D eigenvalue weighted by Gasteiger charge is -2.19. The first-order valence-corrected chi connectivity index (χ1v) is 6.61. The molecule has 1 aromatic carbocycles. The lowest BCUT2D eigenvalue weighted by Crippen LogP contribution is -2.30. The van der Waals surface area contributed by atoms with Crippen molar-refractivity contribution >= 4 is 0 Å². The highest BCUT2D eigenvalue weighted by atomic mass is 16.3. The largest absolute Gasteiger partial charge is 0.384 e. The summed E-state index contributed by atoms with van der Waals surface area (Å²) < 4.78 is 1.70. The third-order valence-corrected chi connectivity index (χ3v) is 3.42. The van der Waals surface area contributed by atoms with Crippen molar-refractivity contribution in [3.8, 4) is 5.69 Å². The molecule has 0 aliphatic carbocycles. The van der Waals surface area contributed by atoms with E-state index in [4.69, 9.17) is 0 Å². The maximum absolute atomic E-state index is 12.0. The minimum Gasteiger partial charge on any atom is -0.384 e. The van der Waals surface area contributed by atoms with Crippen molar-refractivity contribution < 1.29 is 5.11 Å². The minimum absolute atomic E-state index is 0.154. The Bertz CT molecular complexity index is 709. The van der Waals surface area contributed by atoms with E-state index in [1.165, 1.54) is 11.6 Å². The molecule has 4 nitrogen and oxygen atoms in total. The van der Waals surface area contributed by atoms with Crippen molar-refractivity contribution in [2.45, 2.75) is 40.2 Å². The molecule has 0 unspecified atom stereocenters. The smallest absolute Gasteiger partial charge is 0.206 e. The molecule has 0 radical (unpaired) electrons. The van der Waals surface area contributed by atoms with E-state index < -0.39 is 5.60 Å². The third-order valence-electron chi connectivity index (χ3n) is 3.42. The van der Waals surface area contributed by atoms with Crippen LogP contribution in [0.3, 0.4) is 0 Å². The van der Waals surface area contributed by atoms with Crippen molar-refractivity contribution in [3.63, 3.8) is 0 Å². The first-order chi connectivity index (χ1) is 9.20. The summed E-state index contributed by atoms with van der Waals surface area (Å²) in [6.07, 6.45) is 0. The van der Waals surface area contributed by atoms with E-state index >= 15 is 0 Å². The van der Waals surface area contributed by atoms with Crippen molar-refractivity contribution in [1.82, 2.24) is 9.78 Å². The van der Waals surface area contributed by atoms with Gasteiger partial charge < -0.3 is 5.11 Å². The molecule has 0 fully saturated rings. The van der Waals surface area contributed by atoms with Crippen LogP contribution in [0.5, 0.6) is 0 Å². The van der Waals surface area contributed by atoms with Crippen molar-refractivity contribution in [2.24, 2.45) is 0 Å². The van der Waals surface area contributed by atoms with Gasteiger partial charge in [0.15, 0.2) is 0 Å². The molecular formula is C16H20N2O2. The second kappa shape index (κ2) is 4.87. The van der Waals surface area contributed by atoms with Crippen molar-refractivity contribution in [1.29, 1.82) is 0 Å².